The molecule has 0 aromatic heterocycles. The zero-order valence-corrected chi connectivity index (χ0v) is 9.43. The van der Waals surface area contributed by atoms with Gasteiger partial charge < -0.3 is 10.4 Å². The van der Waals surface area contributed by atoms with Crippen LogP contribution in [0.4, 0.5) is 0 Å². The summed E-state index contributed by atoms with van der Waals surface area (Å²) in [4.78, 5) is 0. The molecule has 1 aromatic rings. The molecule has 0 radical (unpaired) electrons. The van der Waals surface area contributed by atoms with Gasteiger partial charge in [-0.1, -0.05) is 6.92 Å². The van der Waals surface area contributed by atoms with Crippen molar-refractivity contribution in [3.8, 4) is 0 Å². The van der Waals surface area contributed by atoms with E-state index in [9.17, 15) is 5.11 Å². The second-order valence-electron chi connectivity index (χ2n) is 3.58. The maximum Gasteiger partial charge on any atom is 0.0726 e. The number of aliphatic hydroxyl groups excluding tert-OH is 1. The molecule has 3 heteroatoms. The quantitative estimate of drug-likeness (QED) is 0.708. The van der Waals surface area contributed by atoms with E-state index in [1.807, 2.05) is 25.1 Å². The maximum absolute atomic E-state index is 9.65. The summed E-state index contributed by atoms with van der Waals surface area (Å²) in [6.07, 6.45) is 0.588. The molecule has 0 spiro atoms. The van der Waals surface area contributed by atoms with E-state index in [2.05, 4.69) is 11.4 Å². The van der Waals surface area contributed by atoms with Crippen molar-refractivity contribution < 1.29 is 22.5 Å². The zero-order valence-electron chi connectivity index (χ0n) is 8.16. The number of aliphatic hydroxyl groups is 1. The van der Waals surface area contributed by atoms with Crippen LogP contribution in [0.2, 0.25) is 0 Å². The van der Waals surface area contributed by atoms with Crippen LogP contribution >= 0.6 is 0 Å². The van der Waals surface area contributed by atoms with Crippen LogP contribution in [-0.4, -0.2) is 17.8 Å². The molecule has 2 atom stereocenters. The summed E-state index contributed by atoms with van der Waals surface area (Å²) in [6.45, 7) is 2.92. The molecule has 76 valence electrons. The Morgan fingerprint density at radius 3 is 2.86 bits per heavy atom. The second kappa shape index (κ2) is 4.95. The molecule has 2 nitrogen and oxygen atoms in total. The van der Waals surface area contributed by atoms with Gasteiger partial charge in [-0.3, -0.25) is 0 Å². The minimum atomic E-state index is -0.252. The van der Waals surface area contributed by atoms with E-state index in [1.165, 1.54) is 0 Å². The molecule has 0 amide bonds. The Balaban J connectivity index is 0.000000980. The Morgan fingerprint density at radius 1 is 1.50 bits per heavy atom. The number of benzene rings is 1. The van der Waals surface area contributed by atoms with E-state index in [0.717, 1.165) is 24.1 Å². The van der Waals surface area contributed by atoms with E-state index in [-0.39, 0.29) is 29.5 Å². The van der Waals surface area contributed by atoms with Crippen LogP contribution in [0.25, 0.3) is 0 Å². The molecule has 1 fully saturated rings. The van der Waals surface area contributed by atoms with Crippen LogP contribution in [-0.2, 0) is 17.4 Å². The van der Waals surface area contributed by atoms with Gasteiger partial charge in [-0.15, -0.1) is 5.56 Å². The molecule has 0 aliphatic carbocycles. The Morgan fingerprint density at radius 2 is 2.29 bits per heavy atom. The van der Waals surface area contributed by atoms with Crippen LogP contribution in [0, 0.1) is 13.0 Å². The zero-order chi connectivity index (χ0) is 9.26. The Kier molecular flexibility index (Phi) is 4.15. The minimum absolute atomic E-state index is 0. The number of hydrogen-bond acceptors (Lipinski definition) is 2. The van der Waals surface area contributed by atoms with Crippen molar-refractivity contribution in [1.82, 2.24) is 5.32 Å². The summed E-state index contributed by atoms with van der Waals surface area (Å²) in [5, 5.41) is 12.9. The van der Waals surface area contributed by atoms with E-state index in [4.69, 9.17) is 0 Å². The number of rotatable bonds is 1. The fraction of sp³-hybridized carbons (Fsp3) is 0.455. The van der Waals surface area contributed by atoms with Crippen molar-refractivity contribution >= 4 is 0 Å². The smallest absolute Gasteiger partial charge is 0.0726 e. The largest absolute Gasteiger partial charge is 0.391 e. The standard InChI is InChI=1S/C11H14NO.Cr/c1-8-3-2-4-9(7-8)11-10(13)5-6-12-11;/h2-4,10-13H,5-6H2,1H3;/q-1;. The molecular weight excluding hydrogens is 214 g/mol. The molecule has 1 aromatic carbocycles. The summed E-state index contributed by atoms with van der Waals surface area (Å²) >= 11 is 0. The molecule has 2 rings (SSSR count). The van der Waals surface area contributed by atoms with Gasteiger partial charge in [0.1, 0.15) is 0 Å². The Bertz CT molecular complexity index is 303. The van der Waals surface area contributed by atoms with Gasteiger partial charge in [0.05, 0.1) is 6.10 Å². The first-order valence-electron chi connectivity index (χ1n) is 4.67. The van der Waals surface area contributed by atoms with Gasteiger partial charge in [0.15, 0.2) is 0 Å². The van der Waals surface area contributed by atoms with Crippen molar-refractivity contribution in [1.29, 1.82) is 0 Å². The molecule has 0 saturated carbocycles. The summed E-state index contributed by atoms with van der Waals surface area (Å²) in [6, 6.07) is 9.38. The SMILES string of the molecule is Cc1[c-]c(C2NCCC2O)ccc1.[Cr]. The average Bonchev–Trinajstić information content (AvgIpc) is 2.51. The second-order valence-corrected chi connectivity index (χ2v) is 3.58. The van der Waals surface area contributed by atoms with Crippen molar-refractivity contribution in [3.63, 3.8) is 0 Å². The molecular formula is C11H14CrNO-. The topological polar surface area (TPSA) is 32.3 Å². The molecule has 1 aliphatic rings. The van der Waals surface area contributed by atoms with Gasteiger partial charge in [-0.25, -0.2) is 0 Å². The van der Waals surface area contributed by atoms with Gasteiger partial charge in [0.25, 0.3) is 0 Å². The van der Waals surface area contributed by atoms with Crippen molar-refractivity contribution in [2.24, 2.45) is 0 Å². The van der Waals surface area contributed by atoms with Crippen molar-refractivity contribution in [3.05, 3.63) is 35.4 Å². The number of hydrogen-bond donors (Lipinski definition) is 2. The molecule has 2 unspecified atom stereocenters. The maximum atomic E-state index is 9.65. The summed E-state index contributed by atoms with van der Waals surface area (Å²) in [5.41, 5.74) is 2.20. The summed E-state index contributed by atoms with van der Waals surface area (Å²) < 4.78 is 0. The molecule has 14 heavy (non-hydrogen) atoms. The minimum Gasteiger partial charge on any atom is -0.391 e. The van der Waals surface area contributed by atoms with Crippen LogP contribution in [0.15, 0.2) is 18.2 Å². The third-order valence-corrected chi connectivity index (χ3v) is 2.49. The molecule has 1 aliphatic heterocycles. The first-order valence-corrected chi connectivity index (χ1v) is 4.67. The monoisotopic (exact) mass is 228 g/mol. The third-order valence-electron chi connectivity index (χ3n) is 2.49. The van der Waals surface area contributed by atoms with Gasteiger partial charge in [0, 0.05) is 23.4 Å². The van der Waals surface area contributed by atoms with E-state index in [1.54, 1.807) is 0 Å². The average molecular weight is 228 g/mol. The van der Waals surface area contributed by atoms with E-state index in [0.29, 0.717) is 0 Å². The molecule has 1 heterocycles. The summed E-state index contributed by atoms with van der Waals surface area (Å²) in [5.74, 6) is 0. The van der Waals surface area contributed by atoms with E-state index >= 15 is 0 Å². The van der Waals surface area contributed by atoms with Crippen LogP contribution < -0.4 is 5.32 Å². The summed E-state index contributed by atoms with van der Waals surface area (Å²) in [7, 11) is 0. The van der Waals surface area contributed by atoms with Gasteiger partial charge in [0.2, 0.25) is 0 Å². The van der Waals surface area contributed by atoms with Crippen molar-refractivity contribution in [2.45, 2.75) is 25.5 Å². The Labute approximate surface area is 95.5 Å². The number of nitrogens with one attached hydrogen (secondary N) is 1. The molecule has 2 N–H and O–H groups in total. The van der Waals surface area contributed by atoms with Crippen LogP contribution in [0.1, 0.15) is 23.6 Å². The fourth-order valence-corrected chi connectivity index (χ4v) is 1.80. The van der Waals surface area contributed by atoms with Gasteiger partial charge in [-0.2, -0.15) is 29.8 Å². The third kappa shape index (κ3) is 2.37. The fourth-order valence-electron chi connectivity index (χ4n) is 1.80. The van der Waals surface area contributed by atoms with Crippen LogP contribution in [0.5, 0.6) is 0 Å². The molecule has 0 bridgehead atoms. The predicted molar refractivity (Wildman–Crippen MR) is 51.4 cm³/mol. The van der Waals surface area contributed by atoms with Gasteiger partial charge in [-0.05, 0) is 13.0 Å². The first kappa shape index (κ1) is 11.7. The first-order chi connectivity index (χ1) is 6.27. The van der Waals surface area contributed by atoms with E-state index < -0.39 is 0 Å². The normalized spacial score (nSPS) is 25.9. The number of aryl methyl sites for hydroxylation is 1. The van der Waals surface area contributed by atoms with Gasteiger partial charge >= 0.3 is 0 Å². The predicted octanol–water partition coefficient (Wildman–Crippen LogP) is 1.19. The van der Waals surface area contributed by atoms with Crippen LogP contribution in [0.3, 0.4) is 0 Å². The Hall–Kier alpha value is -0.328. The van der Waals surface area contributed by atoms with Crippen molar-refractivity contribution in [2.75, 3.05) is 6.54 Å². The molecule has 1 saturated heterocycles.